The molecule has 138 valence electrons. The normalized spacial score (nSPS) is 16.5. The predicted molar refractivity (Wildman–Crippen MR) is 110 cm³/mol. The second-order valence-corrected chi connectivity index (χ2v) is 8.62. The summed E-state index contributed by atoms with van der Waals surface area (Å²) in [5, 5.41) is 6.15. The second kappa shape index (κ2) is 6.34. The number of amides is 1. The highest BCUT2D eigenvalue weighted by Gasteiger charge is 2.29. The molecule has 2 aliphatic rings. The summed E-state index contributed by atoms with van der Waals surface area (Å²) in [6.07, 6.45) is 4.63. The lowest BCUT2D eigenvalue weighted by atomic mass is 10.2. The van der Waals surface area contributed by atoms with Gasteiger partial charge in [0, 0.05) is 45.5 Å². The van der Waals surface area contributed by atoms with E-state index in [-0.39, 0.29) is 11.8 Å². The van der Waals surface area contributed by atoms with Gasteiger partial charge in [0.25, 0.3) is 0 Å². The number of carbonyl (C=O) groups is 1. The van der Waals surface area contributed by atoms with E-state index >= 15 is 0 Å². The van der Waals surface area contributed by atoms with Gasteiger partial charge in [-0.25, -0.2) is 4.98 Å². The zero-order valence-corrected chi connectivity index (χ0v) is 16.5. The summed E-state index contributed by atoms with van der Waals surface area (Å²) in [6, 6.07) is 11.0. The highest BCUT2D eigenvalue weighted by molar-refractivity contribution is 7.13. The topological polar surface area (TPSA) is 46.9 Å². The number of hydrogen-bond donors (Lipinski definition) is 1. The molecule has 2 aromatic heterocycles. The Morgan fingerprint density at radius 3 is 2.56 bits per heavy atom. The average molecular weight is 378 g/mol. The predicted octanol–water partition coefficient (Wildman–Crippen LogP) is 5.58. The molecule has 0 bridgehead atoms. The molecular formula is C22H23N3OS. The molecule has 0 aliphatic heterocycles. The molecule has 0 atom stereocenters. The second-order valence-electron chi connectivity index (χ2n) is 7.76. The van der Waals surface area contributed by atoms with Crippen molar-refractivity contribution in [2.45, 2.75) is 45.6 Å². The number of thiazole rings is 1. The number of nitrogens with one attached hydrogen (secondary N) is 1. The van der Waals surface area contributed by atoms with E-state index in [0.29, 0.717) is 6.04 Å². The lowest BCUT2D eigenvalue weighted by Crippen LogP contribution is -2.12. The van der Waals surface area contributed by atoms with Crippen molar-refractivity contribution in [1.82, 2.24) is 9.55 Å². The minimum Gasteiger partial charge on any atom is -0.345 e. The molecule has 1 N–H and O–H groups in total. The van der Waals surface area contributed by atoms with Crippen molar-refractivity contribution >= 4 is 22.9 Å². The maximum Gasteiger partial charge on any atom is 0.227 e. The van der Waals surface area contributed by atoms with E-state index in [2.05, 4.69) is 35.2 Å². The van der Waals surface area contributed by atoms with Crippen LogP contribution in [0.25, 0.3) is 21.8 Å². The van der Waals surface area contributed by atoms with Crippen LogP contribution in [0.5, 0.6) is 0 Å². The van der Waals surface area contributed by atoms with Crippen molar-refractivity contribution in [2.75, 3.05) is 5.32 Å². The third kappa shape index (κ3) is 3.21. The molecular weight excluding hydrogens is 354 g/mol. The third-order valence-electron chi connectivity index (χ3n) is 5.52. The molecule has 5 heteroatoms. The fraction of sp³-hybridized carbons (Fsp3) is 0.364. The van der Waals surface area contributed by atoms with Crippen molar-refractivity contribution in [3.63, 3.8) is 0 Å². The molecule has 0 spiro atoms. The zero-order chi connectivity index (χ0) is 18.5. The number of rotatable bonds is 5. The Kier molecular flexibility index (Phi) is 3.93. The van der Waals surface area contributed by atoms with Crippen molar-refractivity contribution < 1.29 is 4.79 Å². The van der Waals surface area contributed by atoms with Crippen LogP contribution in [0, 0.1) is 19.8 Å². The Labute approximate surface area is 163 Å². The highest BCUT2D eigenvalue weighted by atomic mass is 32.1. The monoisotopic (exact) mass is 377 g/mol. The van der Waals surface area contributed by atoms with Gasteiger partial charge in [-0.1, -0.05) is 0 Å². The van der Waals surface area contributed by atoms with E-state index < -0.39 is 0 Å². The maximum absolute atomic E-state index is 11.9. The summed E-state index contributed by atoms with van der Waals surface area (Å²) in [4.78, 5) is 16.8. The van der Waals surface area contributed by atoms with E-state index in [1.54, 1.807) is 11.3 Å². The first-order chi connectivity index (χ1) is 13.1. The van der Waals surface area contributed by atoms with E-state index in [0.717, 1.165) is 34.8 Å². The van der Waals surface area contributed by atoms with Gasteiger partial charge in [0.2, 0.25) is 5.91 Å². The number of anilines is 1. The first kappa shape index (κ1) is 16.8. The van der Waals surface area contributed by atoms with Crippen LogP contribution in [0.15, 0.2) is 35.7 Å². The van der Waals surface area contributed by atoms with Crippen molar-refractivity contribution in [2.24, 2.45) is 5.92 Å². The fourth-order valence-electron chi connectivity index (χ4n) is 3.75. The number of benzene rings is 1. The van der Waals surface area contributed by atoms with Gasteiger partial charge < -0.3 is 9.88 Å². The van der Waals surface area contributed by atoms with Crippen LogP contribution in [0.4, 0.5) is 5.69 Å². The number of carbonyl (C=O) groups excluding carboxylic acids is 1. The van der Waals surface area contributed by atoms with Crippen LogP contribution in [-0.4, -0.2) is 15.5 Å². The van der Waals surface area contributed by atoms with Gasteiger partial charge in [0.05, 0.1) is 5.69 Å². The first-order valence-corrected chi connectivity index (χ1v) is 10.5. The van der Waals surface area contributed by atoms with Gasteiger partial charge in [-0.05, 0) is 69.9 Å². The van der Waals surface area contributed by atoms with Gasteiger partial charge in [-0.3, -0.25) is 4.79 Å². The van der Waals surface area contributed by atoms with Gasteiger partial charge >= 0.3 is 0 Å². The number of aromatic nitrogens is 2. The number of nitrogens with zero attached hydrogens (tertiary/aromatic N) is 2. The van der Waals surface area contributed by atoms with E-state index in [4.69, 9.17) is 4.98 Å². The van der Waals surface area contributed by atoms with Crippen LogP contribution in [0.1, 0.15) is 43.1 Å². The van der Waals surface area contributed by atoms with Gasteiger partial charge in [-0.2, -0.15) is 0 Å². The van der Waals surface area contributed by atoms with Crippen LogP contribution in [0.2, 0.25) is 0 Å². The van der Waals surface area contributed by atoms with Crippen molar-refractivity contribution in [1.29, 1.82) is 0 Å². The molecule has 2 aliphatic carbocycles. The molecule has 1 amide bonds. The summed E-state index contributed by atoms with van der Waals surface area (Å²) in [5.74, 6) is 0.367. The highest BCUT2D eigenvalue weighted by Crippen LogP contribution is 2.41. The minimum absolute atomic E-state index is 0.144. The molecule has 1 aromatic carbocycles. The third-order valence-corrected chi connectivity index (χ3v) is 6.42. The van der Waals surface area contributed by atoms with Crippen molar-refractivity contribution in [3.8, 4) is 21.8 Å². The molecule has 0 unspecified atom stereocenters. The fourth-order valence-corrected chi connectivity index (χ4v) is 4.57. The Bertz CT molecular complexity index is 1010. The quantitative estimate of drug-likeness (QED) is 0.631. The smallest absolute Gasteiger partial charge is 0.227 e. The SMILES string of the molecule is Cc1cc(-c2csc(-c3ccc(NC(=O)C4CC4)cc3)n2)c(C)n1C1CC1. The van der Waals surface area contributed by atoms with E-state index in [1.807, 2.05) is 24.3 Å². The van der Waals surface area contributed by atoms with E-state index in [1.165, 1.54) is 29.8 Å². The van der Waals surface area contributed by atoms with Gasteiger partial charge in [-0.15, -0.1) is 11.3 Å². The molecule has 2 heterocycles. The Hall–Kier alpha value is -2.40. The summed E-state index contributed by atoms with van der Waals surface area (Å²) >= 11 is 1.67. The Balaban J connectivity index is 1.37. The Morgan fingerprint density at radius 1 is 1.15 bits per heavy atom. The summed E-state index contributed by atoms with van der Waals surface area (Å²) < 4.78 is 2.46. The summed E-state index contributed by atoms with van der Waals surface area (Å²) in [7, 11) is 0. The molecule has 27 heavy (non-hydrogen) atoms. The lowest BCUT2D eigenvalue weighted by molar-refractivity contribution is -0.117. The Morgan fingerprint density at radius 2 is 1.89 bits per heavy atom. The first-order valence-electron chi connectivity index (χ1n) is 9.66. The van der Waals surface area contributed by atoms with Crippen LogP contribution < -0.4 is 5.32 Å². The molecule has 2 fully saturated rings. The standard InChI is InChI=1S/C22H23N3OS/c1-13-11-19(14(2)25(13)18-9-10-18)20-12-27-22(24-20)16-5-7-17(8-6-16)23-21(26)15-3-4-15/h5-8,11-12,15,18H,3-4,9-10H2,1-2H3,(H,23,26). The average Bonchev–Trinajstić information content (AvgIpc) is 3.59. The molecule has 3 aromatic rings. The van der Waals surface area contributed by atoms with Gasteiger partial charge in [0.15, 0.2) is 0 Å². The molecule has 4 nitrogen and oxygen atoms in total. The summed E-state index contributed by atoms with van der Waals surface area (Å²) in [5.41, 5.74) is 6.91. The number of hydrogen-bond acceptors (Lipinski definition) is 3. The molecule has 5 rings (SSSR count). The molecule has 0 saturated heterocycles. The number of aryl methyl sites for hydroxylation is 1. The van der Waals surface area contributed by atoms with Crippen LogP contribution in [-0.2, 0) is 4.79 Å². The minimum atomic E-state index is 0.144. The largest absolute Gasteiger partial charge is 0.345 e. The van der Waals surface area contributed by atoms with Crippen LogP contribution >= 0.6 is 11.3 Å². The summed E-state index contributed by atoms with van der Waals surface area (Å²) in [6.45, 7) is 4.40. The van der Waals surface area contributed by atoms with Gasteiger partial charge in [0.1, 0.15) is 5.01 Å². The van der Waals surface area contributed by atoms with Crippen LogP contribution in [0.3, 0.4) is 0 Å². The maximum atomic E-state index is 11.9. The lowest BCUT2D eigenvalue weighted by Gasteiger charge is -2.07. The molecule has 0 radical (unpaired) electrons. The zero-order valence-electron chi connectivity index (χ0n) is 15.7. The van der Waals surface area contributed by atoms with Crippen molar-refractivity contribution in [3.05, 3.63) is 47.1 Å². The molecule has 2 saturated carbocycles. The van der Waals surface area contributed by atoms with E-state index in [9.17, 15) is 4.79 Å².